The van der Waals surface area contributed by atoms with Gasteiger partial charge >= 0.3 is 12.1 Å². The third-order valence-electron chi connectivity index (χ3n) is 7.58. The largest absolute Gasteiger partial charge is 0.493 e. The number of rotatable bonds is 13. The lowest BCUT2D eigenvalue weighted by molar-refractivity contribution is -0.138. The summed E-state index contributed by atoms with van der Waals surface area (Å²) in [6.45, 7) is 1.53. The lowest BCUT2D eigenvalue weighted by Crippen LogP contribution is -2.31. The van der Waals surface area contributed by atoms with Crippen LogP contribution in [0.3, 0.4) is 0 Å². The third-order valence-corrected chi connectivity index (χ3v) is 8.02. The highest BCUT2D eigenvalue weighted by molar-refractivity contribution is 6.32. The highest BCUT2D eigenvalue weighted by Crippen LogP contribution is 2.37. The van der Waals surface area contributed by atoms with Crippen molar-refractivity contribution in [2.45, 2.75) is 31.6 Å². The molecule has 0 aliphatic carbocycles. The predicted molar refractivity (Wildman–Crippen MR) is 166 cm³/mol. The number of ether oxygens (including phenoxy) is 1. The van der Waals surface area contributed by atoms with Crippen LogP contribution < -0.4 is 4.74 Å². The molecule has 1 aromatic heterocycles. The van der Waals surface area contributed by atoms with Gasteiger partial charge in [-0.15, -0.1) is 0 Å². The molecular weight excluding hydrogens is 589 g/mol. The highest BCUT2D eigenvalue weighted by Gasteiger charge is 2.34. The van der Waals surface area contributed by atoms with Gasteiger partial charge in [-0.3, -0.25) is 9.69 Å². The Labute approximate surface area is 259 Å². The van der Waals surface area contributed by atoms with Crippen molar-refractivity contribution >= 4 is 28.5 Å². The summed E-state index contributed by atoms with van der Waals surface area (Å²) in [4.78, 5) is 13.4. The normalized spacial score (nSPS) is 11.9. The molecule has 9 heteroatoms. The maximum atomic E-state index is 13.7. The Kier molecular flexibility index (Phi) is 9.92. The average Bonchev–Trinajstić information content (AvgIpc) is 3.41. The first-order valence-corrected chi connectivity index (χ1v) is 14.7. The molecule has 5 rings (SSSR count). The van der Waals surface area contributed by atoms with Crippen molar-refractivity contribution in [3.8, 4) is 5.75 Å². The van der Waals surface area contributed by atoms with Gasteiger partial charge in [0.15, 0.2) is 0 Å². The zero-order valence-corrected chi connectivity index (χ0v) is 24.6. The summed E-state index contributed by atoms with van der Waals surface area (Å²) in [6.07, 6.45) is -2.23. The molecule has 0 fully saturated rings. The SMILES string of the molecule is O=C(O)Cn1ccc2c(OCCCN(Cc3cccc(C(F)(F)F)c3Cl)CC(c3ccccc3)c3ccccc3)cccc21. The molecule has 1 heterocycles. The van der Waals surface area contributed by atoms with Gasteiger partial charge in [0.2, 0.25) is 0 Å². The number of carboxylic acids is 1. The number of benzene rings is 4. The Balaban J connectivity index is 1.37. The minimum Gasteiger partial charge on any atom is -0.493 e. The van der Waals surface area contributed by atoms with Crippen LogP contribution in [-0.4, -0.2) is 40.2 Å². The van der Waals surface area contributed by atoms with Crippen molar-refractivity contribution in [1.82, 2.24) is 9.47 Å². The monoisotopic (exact) mass is 620 g/mol. The van der Waals surface area contributed by atoms with Crippen LogP contribution in [0.1, 0.15) is 34.6 Å². The minimum atomic E-state index is -4.55. The van der Waals surface area contributed by atoms with Gasteiger partial charge in [-0.05, 0) is 47.4 Å². The number of hydrogen-bond donors (Lipinski definition) is 1. The van der Waals surface area contributed by atoms with Crippen LogP contribution in [0.25, 0.3) is 10.9 Å². The Morgan fingerprint density at radius 3 is 2.18 bits per heavy atom. The van der Waals surface area contributed by atoms with E-state index in [-0.39, 0.29) is 24.0 Å². The topological polar surface area (TPSA) is 54.7 Å². The van der Waals surface area contributed by atoms with Crippen molar-refractivity contribution in [2.75, 3.05) is 19.7 Å². The van der Waals surface area contributed by atoms with Gasteiger partial charge in [-0.1, -0.05) is 90.5 Å². The van der Waals surface area contributed by atoms with Crippen LogP contribution in [0.5, 0.6) is 5.75 Å². The number of aliphatic carboxylic acids is 1. The molecule has 0 aliphatic heterocycles. The van der Waals surface area contributed by atoms with Crippen LogP contribution in [0.15, 0.2) is 109 Å². The van der Waals surface area contributed by atoms with Crippen LogP contribution in [-0.2, 0) is 24.1 Å². The summed E-state index contributed by atoms with van der Waals surface area (Å²) in [7, 11) is 0. The van der Waals surface area contributed by atoms with Gasteiger partial charge in [0, 0.05) is 37.1 Å². The quantitative estimate of drug-likeness (QED) is 0.134. The maximum absolute atomic E-state index is 13.7. The molecule has 0 radical (unpaired) electrons. The van der Waals surface area contributed by atoms with Crippen molar-refractivity contribution in [3.05, 3.63) is 137 Å². The number of carbonyl (C=O) groups is 1. The predicted octanol–water partition coefficient (Wildman–Crippen LogP) is 8.50. The van der Waals surface area contributed by atoms with E-state index in [4.69, 9.17) is 16.3 Å². The van der Waals surface area contributed by atoms with Crippen LogP contribution in [0, 0.1) is 0 Å². The molecule has 44 heavy (non-hydrogen) atoms. The molecule has 5 aromatic rings. The molecule has 0 spiro atoms. The fourth-order valence-corrected chi connectivity index (χ4v) is 5.80. The van der Waals surface area contributed by atoms with Crippen molar-refractivity contribution in [2.24, 2.45) is 0 Å². The second kappa shape index (κ2) is 14.0. The van der Waals surface area contributed by atoms with E-state index >= 15 is 0 Å². The molecule has 0 saturated heterocycles. The van der Waals surface area contributed by atoms with E-state index in [0.717, 1.165) is 28.1 Å². The highest BCUT2D eigenvalue weighted by atomic mass is 35.5. The van der Waals surface area contributed by atoms with Gasteiger partial charge in [-0.25, -0.2) is 0 Å². The molecular formula is C35H32ClF3N2O3. The number of aromatic nitrogens is 1. The first-order chi connectivity index (χ1) is 21.2. The first kappa shape index (κ1) is 31.2. The van der Waals surface area contributed by atoms with Crippen LogP contribution in [0.4, 0.5) is 13.2 Å². The number of carboxylic acid groups (broad SMARTS) is 1. The summed E-state index contributed by atoms with van der Waals surface area (Å²) in [5, 5.41) is 9.74. The van der Waals surface area contributed by atoms with Crippen molar-refractivity contribution in [3.63, 3.8) is 0 Å². The Bertz CT molecular complexity index is 1650. The fraction of sp³-hybridized carbons (Fsp3) is 0.229. The zero-order chi connectivity index (χ0) is 31.1. The third kappa shape index (κ3) is 7.62. The average molecular weight is 621 g/mol. The molecule has 0 unspecified atom stereocenters. The molecule has 228 valence electrons. The van der Waals surface area contributed by atoms with Crippen LogP contribution in [0.2, 0.25) is 5.02 Å². The van der Waals surface area contributed by atoms with Gasteiger partial charge in [0.25, 0.3) is 0 Å². The number of fused-ring (bicyclic) bond motifs is 1. The van der Waals surface area contributed by atoms with E-state index in [0.29, 0.717) is 37.4 Å². The van der Waals surface area contributed by atoms with Gasteiger partial charge in [0.1, 0.15) is 12.3 Å². The molecule has 0 saturated carbocycles. The smallest absolute Gasteiger partial charge is 0.417 e. The van der Waals surface area contributed by atoms with Crippen molar-refractivity contribution in [1.29, 1.82) is 0 Å². The molecule has 5 nitrogen and oxygen atoms in total. The number of halogens is 4. The molecule has 0 amide bonds. The van der Waals surface area contributed by atoms with Crippen molar-refractivity contribution < 1.29 is 27.8 Å². The summed E-state index contributed by atoms with van der Waals surface area (Å²) < 4.78 is 48.8. The fourth-order valence-electron chi connectivity index (χ4n) is 5.50. The zero-order valence-electron chi connectivity index (χ0n) is 23.9. The minimum absolute atomic E-state index is 0.0226. The number of hydrogen-bond acceptors (Lipinski definition) is 3. The second-order valence-electron chi connectivity index (χ2n) is 10.6. The van der Waals surface area contributed by atoms with E-state index in [2.05, 4.69) is 29.2 Å². The molecule has 0 bridgehead atoms. The molecule has 4 aromatic carbocycles. The van der Waals surface area contributed by atoms with Gasteiger partial charge in [0.05, 0.1) is 22.7 Å². The van der Waals surface area contributed by atoms with Crippen LogP contribution >= 0.6 is 11.6 Å². The number of nitrogens with zero attached hydrogens (tertiary/aromatic N) is 2. The Hall–Kier alpha value is -4.27. The summed E-state index contributed by atoms with van der Waals surface area (Å²) in [6, 6.07) is 31.5. The molecule has 1 N–H and O–H groups in total. The first-order valence-electron chi connectivity index (χ1n) is 14.3. The second-order valence-corrected chi connectivity index (χ2v) is 11.0. The van der Waals surface area contributed by atoms with Gasteiger partial charge in [-0.2, -0.15) is 13.2 Å². The summed E-state index contributed by atoms with van der Waals surface area (Å²) >= 11 is 6.33. The van der Waals surface area contributed by atoms with E-state index in [9.17, 15) is 23.1 Å². The molecule has 0 aliphatic rings. The van der Waals surface area contributed by atoms with Gasteiger partial charge < -0.3 is 14.4 Å². The lowest BCUT2D eigenvalue weighted by Gasteiger charge is -2.29. The standard InChI is InChI=1S/C35H32ClF3N2O3/c36-34-27(14-7-15-30(34)35(37,38)39)22-40(23-29(25-10-3-1-4-11-25)26-12-5-2-6-13-26)19-9-21-44-32-17-8-16-31-28(32)18-20-41(31)24-33(42)43/h1-8,10-18,20,29H,9,19,21-24H2,(H,42,43). The van der Waals surface area contributed by atoms with E-state index in [1.807, 2.05) is 60.7 Å². The van der Waals surface area contributed by atoms with E-state index in [1.165, 1.54) is 6.07 Å². The maximum Gasteiger partial charge on any atom is 0.417 e. The molecule has 0 atom stereocenters. The van der Waals surface area contributed by atoms with E-state index in [1.54, 1.807) is 16.8 Å². The summed E-state index contributed by atoms with van der Waals surface area (Å²) in [5.41, 5.74) is 2.54. The summed E-state index contributed by atoms with van der Waals surface area (Å²) in [5.74, 6) is -0.310. The van der Waals surface area contributed by atoms with E-state index < -0.39 is 17.7 Å². The lowest BCUT2D eigenvalue weighted by atomic mass is 9.90. The number of alkyl halides is 3. The Morgan fingerprint density at radius 1 is 0.886 bits per heavy atom. The Morgan fingerprint density at radius 2 is 1.55 bits per heavy atom.